The standard InChI is InChI=1S/C14H22N4/c1-4-13-16-7-8-18(13)12-5-6-14(9-12,10-15)17-11(2)3/h7-8,11-12,17H,4-6,9H2,1-3H3. The summed E-state index contributed by atoms with van der Waals surface area (Å²) in [5.74, 6) is 1.12. The molecule has 2 unspecified atom stereocenters. The van der Waals surface area contributed by atoms with Crippen LogP contribution in [0.25, 0.3) is 0 Å². The van der Waals surface area contributed by atoms with Crippen LogP contribution in [0.15, 0.2) is 12.4 Å². The summed E-state index contributed by atoms with van der Waals surface area (Å²) in [6, 6.07) is 3.25. The molecule has 1 N–H and O–H groups in total. The van der Waals surface area contributed by atoms with E-state index in [1.165, 1.54) is 0 Å². The van der Waals surface area contributed by atoms with E-state index in [-0.39, 0.29) is 5.54 Å². The van der Waals surface area contributed by atoms with Crippen LogP contribution in [0.1, 0.15) is 51.9 Å². The number of hydrogen-bond acceptors (Lipinski definition) is 3. The van der Waals surface area contributed by atoms with Gasteiger partial charge < -0.3 is 4.57 Å². The third-order valence-electron chi connectivity index (χ3n) is 3.73. The molecule has 0 radical (unpaired) electrons. The second-order valence-corrected chi connectivity index (χ2v) is 5.49. The van der Waals surface area contributed by atoms with E-state index in [2.05, 4.69) is 41.7 Å². The summed E-state index contributed by atoms with van der Waals surface area (Å²) >= 11 is 0. The Bertz CT molecular complexity index is 443. The van der Waals surface area contributed by atoms with Gasteiger partial charge in [-0.3, -0.25) is 5.32 Å². The van der Waals surface area contributed by atoms with E-state index in [0.29, 0.717) is 12.1 Å². The van der Waals surface area contributed by atoms with Gasteiger partial charge in [-0.25, -0.2) is 4.98 Å². The zero-order valence-electron chi connectivity index (χ0n) is 11.5. The van der Waals surface area contributed by atoms with Crippen LogP contribution in [0.2, 0.25) is 0 Å². The van der Waals surface area contributed by atoms with E-state index >= 15 is 0 Å². The molecule has 1 aliphatic carbocycles. The van der Waals surface area contributed by atoms with Gasteiger partial charge >= 0.3 is 0 Å². The largest absolute Gasteiger partial charge is 0.332 e. The third-order valence-corrected chi connectivity index (χ3v) is 3.73. The first kappa shape index (κ1) is 13.1. The Morgan fingerprint density at radius 1 is 1.67 bits per heavy atom. The lowest BCUT2D eigenvalue weighted by atomic mass is 9.98. The van der Waals surface area contributed by atoms with Crippen LogP contribution in [0.5, 0.6) is 0 Å². The number of nitrogens with one attached hydrogen (secondary N) is 1. The second kappa shape index (κ2) is 5.11. The number of aromatic nitrogens is 2. The van der Waals surface area contributed by atoms with E-state index < -0.39 is 0 Å². The third kappa shape index (κ3) is 2.41. The van der Waals surface area contributed by atoms with Gasteiger partial charge in [0.1, 0.15) is 11.4 Å². The van der Waals surface area contributed by atoms with Crippen molar-refractivity contribution in [2.24, 2.45) is 0 Å². The van der Waals surface area contributed by atoms with Gasteiger partial charge in [0.05, 0.1) is 6.07 Å². The Morgan fingerprint density at radius 2 is 2.44 bits per heavy atom. The van der Waals surface area contributed by atoms with Crippen LogP contribution in [0, 0.1) is 11.3 Å². The van der Waals surface area contributed by atoms with Gasteiger partial charge in [-0.15, -0.1) is 0 Å². The molecule has 4 heteroatoms. The minimum atomic E-state index is -0.353. The van der Waals surface area contributed by atoms with Crippen LogP contribution >= 0.6 is 0 Å². The van der Waals surface area contributed by atoms with Crippen LogP contribution in [0.3, 0.4) is 0 Å². The summed E-state index contributed by atoms with van der Waals surface area (Å²) in [6.07, 6.45) is 7.71. The molecule has 0 aromatic carbocycles. The topological polar surface area (TPSA) is 53.6 Å². The molecule has 1 heterocycles. The van der Waals surface area contributed by atoms with Crippen molar-refractivity contribution in [1.29, 1.82) is 5.26 Å². The van der Waals surface area contributed by atoms with Crippen LogP contribution in [0.4, 0.5) is 0 Å². The number of hydrogen-bond donors (Lipinski definition) is 1. The minimum absolute atomic E-state index is 0.344. The van der Waals surface area contributed by atoms with Gasteiger partial charge in [0.2, 0.25) is 0 Å². The monoisotopic (exact) mass is 246 g/mol. The molecule has 0 amide bonds. The van der Waals surface area contributed by atoms with Crippen molar-refractivity contribution < 1.29 is 0 Å². The highest BCUT2D eigenvalue weighted by molar-refractivity contribution is 5.14. The van der Waals surface area contributed by atoms with Gasteiger partial charge in [-0.05, 0) is 33.1 Å². The summed E-state index contributed by atoms with van der Waals surface area (Å²) in [7, 11) is 0. The number of rotatable bonds is 4. The smallest absolute Gasteiger partial charge is 0.109 e. The van der Waals surface area contributed by atoms with Crippen LogP contribution < -0.4 is 5.32 Å². The van der Waals surface area contributed by atoms with E-state index in [1.807, 2.05) is 12.4 Å². The Morgan fingerprint density at radius 3 is 3.06 bits per heavy atom. The Balaban J connectivity index is 2.14. The number of nitrogens with zero attached hydrogens (tertiary/aromatic N) is 3. The zero-order chi connectivity index (χ0) is 13.2. The summed E-state index contributed by atoms with van der Waals surface area (Å²) in [5.41, 5.74) is -0.353. The highest BCUT2D eigenvalue weighted by Crippen LogP contribution is 2.38. The second-order valence-electron chi connectivity index (χ2n) is 5.49. The fourth-order valence-corrected chi connectivity index (χ4v) is 3.02. The maximum Gasteiger partial charge on any atom is 0.109 e. The quantitative estimate of drug-likeness (QED) is 0.887. The van der Waals surface area contributed by atoms with E-state index in [0.717, 1.165) is 31.5 Å². The van der Waals surface area contributed by atoms with E-state index in [9.17, 15) is 5.26 Å². The highest BCUT2D eigenvalue weighted by Gasteiger charge is 2.40. The van der Waals surface area contributed by atoms with Crippen molar-refractivity contribution in [3.05, 3.63) is 18.2 Å². The fourth-order valence-electron chi connectivity index (χ4n) is 3.02. The van der Waals surface area contributed by atoms with Gasteiger partial charge in [-0.2, -0.15) is 5.26 Å². The van der Waals surface area contributed by atoms with Gasteiger partial charge in [-0.1, -0.05) is 6.92 Å². The predicted molar refractivity (Wildman–Crippen MR) is 71.1 cm³/mol. The maximum atomic E-state index is 9.47. The first-order chi connectivity index (χ1) is 8.60. The summed E-state index contributed by atoms with van der Waals surface area (Å²) < 4.78 is 2.25. The molecule has 0 spiro atoms. The molecule has 1 aromatic rings. The molecule has 2 rings (SSSR count). The average molecular weight is 246 g/mol. The van der Waals surface area contributed by atoms with Crippen molar-refractivity contribution in [2.75, 3.05) is 0 Å². The molecule has 4 nitrogen and oxygen atoms in total. The van der Waals surface area contributed by atoms with Gasteiger partial charge in [0, 0.05) is 30.9 Å². The summed E-state index contributed by atoms with van der Waals surface area (Å²) in [4.78, 5) is 4.37. The Kier molecular flexibility index (Phi) is 3.72. The SMILES string of the molecule is CCc1nccn1C1CCC(C#N)(NC(C)C)C1. The molecule has 0 aliphatic heterocycles. The highest BCUT2D eigenvalue weighted by atomic mass is 15.1. The molecule has 18 heavy (non-hydrogen) atoms. The average Bonchev–Trinajstić information content (AvgIpc) is 2.94. The number of nitriles is 1. The lowest BCUT2D eigenvalue weighted by Gasteiger charge is -2.26. The first-order valence-corrected chi connectivity index (χ1v) is 6.81. The van der Waals surface area contributed by atoms with Gasteiger partial charge in [0.15, 0.2) is 0 Å². The van der Waals surface area contributed by atoms with Crippen molar-refractivity contribution >= 4 is 0 Å². The molecule has 0 bridgehead atoms. The predicted octanol–water partition coefficient (Wildman–Crippen LogP) is 2.43. The van der Waals surface area contributed by atoms with Crippen molar-refractivity contribution in [3.63, 3.8) is 0 Å². The molecule has 2 atom stereocenters. The Hall–Kier alpha value is -1.34. The number of imidazole rings is 1. The zero-order valence-corrected chi connectivity index (χ0v) is 11.5. The minimum Gasteiger partial charge on any atom is -0.332 e. The molecule has 1 fully saturated rings. The molecular formula is C14H22N4. The van der Waals surface area contributed by atoms with Crippen LogP contribution in [-0.2, 0) is 6.42 Å². The Labute approximate surface area is 109 Å². The molecule has 1 saturated carbocycles. The molecule has 1 aromatic heterocycles. The first-order valence-electron chi connectivity index (χ1n) is 6.81. The van der Waals surface area contributed by atoms with Crippen molar-refractivity contribution in [2.45, 2.75) is 64.1 Å². The lowest BCUT2D eigenvalue weighted by molar-refractivity contribution is 0.367. The molecule has 0 saturated heterocycles. The number of aryl methyl sites for hydroxylation is 1. The van der Waals surface area contributed by atoms with Gasteiger partial charge in [0.25, 0.3) is 0 Å². The summed E-state index contributed by atoms with van der Waals surface area (Å²) in [6.45, 7) is 6.32. The van der Waals surface area contributed by atoms with Crippen molar-refractivity contribution in [1.82, 2.24) is 14.9 Å². The summed E-state index contributed by atoms with van der Waals surface area (Å²) in [5, 5.41) is 12.9. The maximum absolute atomic E-state index is 9.47. The molecular weight excluding hydrogens is 224 g/mol. The molecule has 1 aliphatic rings. The van der Waals surface area contributed by atoms with E-state index in [4.69, 9.17) is 0 Å². The molecule has 98 valence electrons. The fraction of sp³-hybridized carbons (Fsp3) is 0.714. The van der Waals surface area contributed by atoms with Crippen LogP contribution in [-0.4, -0.2) is 21.1 Å². The van der Waals surface area contributed by atoms with E-state index in [1.54, 1.807) is 0 Å². The van der Waals surface area contributed by atoms with Crippen molar-refractivity contribution in [3.8, 4) is 6.07 Å². The lowest BCUT2D eigenvalue weighted by Crippen LogP contribution is -2.45. The normalized spacial score (nSPS) is 27.6.